The average Bonchev–Trinajstić information content (AvgIpc) is 2.80. The molecular weight excluding hydrogens is 372 g/mol. The van der Waals surface area contributed by atoms with Crippen molar-refractivity contribution in [2.75, 3.05) is 0 Å². The molecule has 0 unspecified atom stereocenters. The van der Waals surface area contributed by atoms with E-state index in [1.807, 2.05) is 36.4 Å². The van der Waals surface area contributed by atoms with E-state index in [-0.39, 0.29) is 0 Å². The van der Waals surface area contributed by atoms with Crippen molar-refractivity contribution in [1.29, 1.82) is 0 Å². The molecule has 0 spiro atoms. The summed E-state index contributed by atoms with van der Waals surface area (Å²) in [5, 5.41) is 0. The Morgan fingerprint density at radius 1 is 0.577 bits per heavy atom. The van der Waals surface area contributed by atoms with E-state index in [4.69, 9.17) is 23.3 Å². The number of benzene rings is 2. The summed E-state index contributed by atoms with van der Waals surface area (Å²) >= 11 is 2.73. The third kappa shape index (κ3) is 14.7. The zero-order chi connectivity index (χ0) is 21.2. The van der Waals surface area contributed by atoms with Crippen molar-refractivity contribution in [1.82, 2.24) is 0 Å². The monoisotopic (exact) mass is 382 g/mol. The molecule has 6 heteroatoms. The van der Waals surface area contributed by atoms with Gasteiger partial charge in [0.1, 0.15) is 0 Å². The molecule has 2 aromatic carbocycles. The van der Waals surface area contributed by atoms with E-state index in [1.165, 1.54) is 0 Å². The van der Waals surface area contributed by atoms with Crippen LogP contribution in [0.5, 0.6) is 0 Å². The van der Waals surface area contributed by atoms with Gasteiger partial charge in [-0.1, -0.05) is 0 Å². The van der Waals surface area contributed by atoms with Crippen molar-refractivity contribution in [2.24, 2.45) is 0 Å². The second-order valence-corrected chi connectivity index (χ2v) is 3.65. The van der Waals surface area contributed by atoms with Crippen LogP contribution in [0.4, 0.5) is 0 Å². The third-order valence-corrected chi connectivity index (χ3v) is 2.46. The molecule has 0 aliphatic rings. The predicted octanol–water partition coefficient (Wildman–Crippen LogP) is 3.03. The Labute approximate surface area is 160 Å². The van der Waals surface area contributed by atoms with E-state index in [2.05, 4.69) is 83.6 Å². The van der Waals surface area contributed by atoms with E-state index >= 15 is 0 Å². The Kier molecular flexibility index (Phi) is 35.7. The fourth-order valence-corrected chi connectivity index (χ4v) is 1.73. The molecule has 0 N–H and O–H groups in total. The van der Waals surface area contributed by atoms with Crippen LogP contribution < -0.4 is 0 Å². The van der Waals surface area contributed by atoms with Crippen LogP contribution in [-0.4, -0.2) is 4.54 Å². The zero-order valence-electron chi connectivity index (χ0n) is 13.2. The van der Waals surface area contributed by atoms with Crippen molar-refractivity contribution in [2.45, 2.75) is 0 Å². The fraction of sp³-hybridized carbons (Fsp3) is 0. The molecule has 0 heterocycles. The van der Waals surface area contributed by atoms with Gasteiger partial charge in [0.2, 0.25) is 0 Å². The van der Waals surface area contributed by atoms with Crippen molar-refractivity contribution < 1.29 is 39.1 Å². The first-order valence-corrected chi connectivity index (χ1v) is 6.68. The molecular formula is C20H10CrO5. The Bertz CT molecular complexity index is 682. The normalized spacial score (nSPS) is 5.92. The van der Waals surface area contributed by atoms with Gasteiger partial charge in [0.05, 0.1) is 0 Å². The number of hydrogen-bond donors (Lipinski definition) is 0. The molecule has 0 radical (unpaired) electrons. The van der Waals surface area contributed by atoms with Gasteiger partial charge in [-0.2, -0.15) is 0 Å². The van der Waals surface area contributed by atoms with Gasteiger partial charge < -0.3 is 0 Å². The van der Waals surface area contributed by atoms with E-state index in [0.717, 1.165) is 16.7 Å². The van der Waals surface area contributed by atoms with Gasteiger partial charge in [0, 0.05) is 0 Å². The minimum atomic E-state index is 1.06. The van der Waals surface area contributed by atoms with Crippen LogP contribution in [0.3, 0.4) is 0 Å². The Hall–Kier alpha value is -2.90. The second kappa shape index (κ2) is 30.0. The molecule has 26 heavy (non-hydrogen) atoms. The number of hydrogen-bond acceptors (Lipinski definition) is 0. The SMILES string of the molecule is [C-]#[O+].[C-]#[O+].[C-]#[O+].[C-]#[O+].[C-]#[O+].[Cr]=[C]=C=C(c1ccccc1)c1ccccc1. The van der Waals surface area contributed by atoms with Crippen LogP contribution >= 0.6 is 0 Å². The second-order valence-electron chi connectivity index (χ2n) is 3.33. The molecule has 5 nitrogen and oxygen atoms in total. The van der Waals surface area contributed by atoms with Crippen LogP contribution in [0.25, 0.3) is 5.57 Å². The van der Waals surface area contributed by atoms with Crippen LogP contribution in [0.15, 0.2) is 66.4 Å². The summed E-state index contributed by atoms with van der Waals surface area (Å²) < 4.78 is 40.4. The van der Waals surface area contributed by atoms with Crippen LogP contribution in [0.1, 0.15) is 11.1 Å². The molecule has 2 rings (SSSR count). The van der Waals surface area contributed by atoms with Gasteiger partial charge in [0.15, 0.2) is 0 Å². The quantitative estimate of drug-likeness (QED) is 0.433. The third-order valence-electron chi connectivity index (χ3n) is 2.30. The summed E-state index contributed by atoms with van der Waals surface area (Å²) in [6, 6.07) is 20.4. The van der Waals surface area contributed by atoms with E-state index in [1.54, 1.807) is 0 Å². The van der Waals surface area contributed by atoms with Gasteiger partial charge in [-0.15, -0.1) is 0 Å². The van der Waals surface area contributed by atoms with Crippen LogP contribution in [-0.2, 0) is 39.1 Å². The van der Waals surface area contributed by atoms with Gasteiger partial charge in [-0.25, -0.2) is 0 Å². The van der Waals surface area contributed by atoms with Crippen molar-refractivity contribution >= 4 is 10.1 Å². The summed E-state index contributed by atoms with van der Waals surface area (Å²) in [4.78, 5) is 0. The fourth-order valence-electron chi connectivity index (χ4n) is 1.57. The van der Waals surface area contributed by atoms with Crippen molar-refractivity contribution in [3.8, 4) is 0 Å². The summed E-state index contributed by atoms with van der Waals surface area (Å²) in [6.07, 6.45) is 0. The molecule has 0 aliphatic carbocycles. The summed E-state index contributed by atoms with van der Waals surface area (Å²) in [5.74, 6) is 0. The molecule has 0 saturated carbocycles. The molecule has 0 saturated heterocycles. The predicted molar refractivity (Wildman–Crippen MR) is 83.6 cm³/mol. The summed E-state index contributed by atoms with van der Waals surface area (Å²) in [5.41, 5.74) is 6.48. The summed E-state index contributed by atoms with van der Waals surface area (Å²) in [7, 11) is 0. The Morgan fingerprint density at radius 3 is 1.08 bits per heavy atom. The van der Waals surface area contributed by atoms with E-state index in [0.29, 0.717) is 0 Å². The molecule has 0 aromatic heterocycles. The first-order valence-electron chi connectivity index (χ1n) is 6.05. The number of rotatable bonds is 2. The van der Waals surface area contributed by atoms with Gasteiger partial charge in [-0.05, 0) is 0 Å². The Balaban J connectivity index is -0.000000210. The minimum absolute atomic E-state index is 1.06. The van der Waals surface area contributed by atoms with Crippen molar-refractivity contribution in [3.63, 3.8) is 0 Å². The van der Waals surface area contributed by atoms with E-state index in [9.17, 15) is 0 Å². The summed E-state index contributed by atoms with van der Waals surface area (Å²) in [6.45, 7) is 22.5. The van der Waals surface area contributed by atoms with Gasteiger partial charge >= 0.3 is 160 Å². The first kappa shape index (κ1) is 30.9. The van der Waals surface area contributed by atoms with Gasteiger partial charge in [-0.3, -0.25) is 0 Å². The average molecular weight is 382 g/mol. The molecule has 126 valence electrons. The standard InChI is InChI=1S/C15H10.5CO.Cr/c1-2-15(13-9-5-3-6-10-13)14-11-7-4-8-12-14;5*1-2;/h3-12H;;;;;;. The van der Waals surface area contributed by atoms with Crippen LogP contribution in [0, 0.1) is 33.3 Å². The maximum absolute atomic E-state index is 7.50. The molecule has 0 amide bonds. The topological polar surface area (TPSA) is 99.5 Å². The first-order chi connectivity index (χ1) is 12.9. The van der Waals surface area contributed by atoms with E-state index < -0.39 is 0 Å². The Morgan fingerprint density at radius 2 is 0.846 bits per heavy atom. The zero-order valence-corrected chi connectivity index (χ0v) is 14.5. The maximum atomic E-state index is 7.50. The molecule has 0 aliphatic heterocycles. The molecule has 0 atom stereocenters. The van der Waals surface area contributed by atoms with Crippen molar-refractivity contribution in [3.05, 3.63) is 111 Å². The van der Waals surface area contributed by atoms with Gasteiger partial charge in [0.25, 0.3) is 0 Å². The van der Waals surface area contributed by atoms with Crippen LogP contribution in [0.2, 0.25) is 0 Å². The molecule has 0 bridgehead atoms. The molecule has 0 fully saturated rings. The molecule has 2 aromatic rings.